The minimum atomic E-state index is -0.667. The van der Waals surface area contributed by atoms with E-state index in [1.165, 1.54) is 95.9 Å². The fourth-order valence-electron chi connectivity index (χ4n) is 3.84. The van der Waals surface area contributed by atoms with Gasteiger partial charge in [0, 0.05) is 6.07 Å². The minimum absolute atomic E-state index is 0.00182. The Kier molecular flexibility index (Phi) is 13.4. The molecule has 0 bridgehead atoms. The van der Waals surface area contributed by atoms with Crippen molar-refractivity contribution in [2.45, 2.75) is 84.0 Å². The number of esters is 2. The smallest absolute Gasteiger partial charge is 0.343 e. The number of hydrogen-bond donors (Lipinski definition) is 1. The molecule has 0 spiro atoms. The van der Waals surface area contributed by atoms with Gasteiger partial charge in [-0.2, -0.15) is 0 Å². The number of unbranched alkanes of at least 4 members (excludes halogenated alkanes) is 11. The van der Waals surface area contributed by atoms with Gasteiger partial charge >= 0.3 is 11.9 Å². The summed E-state index contributed by atoms with van der Waals surface area (Å²) in [5.74, 6) is -0.706. The summed E-state index contributed by atoms with van der Waals surface area (Å²) in [6.07, 6.45) is 15.7. The Morgan fingerprint density at radius 1 is 0.714 bits per heavy atom. The number of phenols is 1. The fraction of sp³-hybridized carbons (Fsp3) is 0.517. The van der Waals surface area contributed by atoms with E-state index in [2.05, 4.69) is 11.7 Å². The summed E-state index contributed by atoms with van der Waals surface area (Å²) in [6.45, 7) is 2.92. The molecule has 0 atom stereocenters. The van der Waals surface area contributed by atoms with Gasteiger partial charge in [0.1, 0.15) is 22.8 Å². The zero-order valence-corrected chi connectivity index (χ0v) is 21.2. The average molecular weight is 485 g/mol. The lowest BCUT2D eigenvalue weighted by Crippen LogP contribution is -2.09. The van der Waals surface area contributed by atoms with Crippen molar-refractivity contribution in [2.75, 3.05) is 13.7 Å². The van der Waals surface area contributed by atoms with Crippen LogP contribution in [-0.2, 0) is 4.74 Å². The quantitative estimate of drug-likeness (QED) is 0.142. The van der Waals surface area contributed by atoms with Gasteiger partial charge in [-0.05, 0) is 42.8 Å². The van der Waals surface area contributed by atoms with Crippen molar-refractivity contribution < 1.29 is 28.9 Å². The molecule has 0 aliphatic carbocycles. The van der Waals surface area contributed by atoms with E-state index in [-0.39, 0.29) is 17.1 Å². The van der Waals surface area contributed by atoms with Crippen LogP contribution in [0, 0.1) is 0 Å². The fourth-order valence-corrected chi connectivity index (χ4v) is 3.84. The van der Waals surface area contributed by atoms with E-state index in [1.54, 1.807) is 24.3 Å². The summed E-state index contributed by atoms with van der Waals surface area (Å²) in [4.78, 5) is 23.9. The second kappa shape index (κ2) is 16.6. The van der Waals surface area contributed by atoms with Crippen molar-refractivity contribution in [3.63, 3.8) is 0 Å². The second-order valence-electron chi connectivity index (χ2n) is 8.82. The zero-order chi connectivity index (χ0) is 25.3. The van der Waals surface area contributed by atoms with Crippen molar-refractivity contribution in [2.24, 2.45) is 0 Å². The van der Waals surface area contributed by atoms with E-state index in [1.807, 2.05) is 0 Å². The van der Waals surface area contributed by atoms with Gasteiger partial charge in [0.05, 0.1) is 19.3 Å². The summed E-state index contributed by atoms with van der Waals surface area (Å²) < 4.78 is 15.6. The number of aromatic hydroxyl groups is 1. The molecule has 0 saturated heterocycles. The molecule has 0 heterocycles. The predicted molar refractivity (Wildman–Crippen MR) is 137 cm³/mol. The topological polar surface area (TPSA) is 82.1 Å². The Morgan fingerprint density at radius 2 is 1.26 bits per heavy atom. The third-order valence-electron chi connectivity index (χ3n) is 5.94. The maximum absolute atomic E-state index is 12.4. The summed E-state index contributed by atoms with van der Waals surface area (Å²) >= 11 is 0. The van der Waals surface area contributed by atoms with E-state index in [0.717, 1.165) is 6.42 Å². The van der Waals surface area contributed by atoms with Crippen LogP contribution >= 0.6 is 0 Å². The monoisotopic (exact) mass is 484 g/mol. The van der Waals surface area contributed by atoms with Crippen molar-refractivity contribution in [3.05, 3.63) is 53.6 Å². The van der Waals surface area contributed by atoms with Crippen LogP contribution in [0.15, 0.2) is 42.5 Å². The van der Waals surface area contributed by atoms with Gasteiger partial charge < -0.3 is 19.3 Å². The van der Waals surface area contributed by atoms with Gasteiger partial charge in [-0.1, -0.05) is 77.6 Å². The van der Waals surface area contributed by atoms with Crippen LogP contribution in [0.5, 0.6) is 17.2 Å². The molecule has 2 aromatic rings. The standard InChI is InChI=1S/C29H40O6/c1-3-4-5-6-7-8-9-10-11-12-13-14-21-34-24-17-15-23(16-18-24)28(31)35-25-19-20-26(27(30)22-25)29(32)33-2/h15-20,22,30H,3-14,21H2,1-2H3. The van der Waals surface area contributed by atoms with Crippen LogP contribution < -0.4 is 9.47 Å². The maximum atomic E-state index is 12.4. The molecule has 6 nitrogen and oxygen atoms in total. The minimum Gasteiger partial charge on any atom is -0.507 e. The number of methoxy groups -OCH3 is 1. The number of phenolic OH excluding ortho intramolecular Hbond substituents is 1. The molecule has 35 heavy (non-hydrogen) atoms. The van der Waals surface area contributed by atoms with Crippen molar-refractivity contribution in [3.8, 4) is 17.2 Å². The molecular formula is C29H40O6. The van der Waals surface area contributed by atoms with Crippen molar-refractivity contribution in [1.29, 1.82) is 0 Å². The van der Waals surface area contributed by atoms with E-state index >= 15 is 0 Å². The Morgan fingerprint density at radius 3 is 1.80 bits per heavy atom. The molecule has 0 aromatic heterocycles. The lowest BCUT2D eigenvalue weighted by atomic mass is 10.1. The maximum Gasteiger partial charge on any atom is 0.343 e. The molecule has 0 aliphatic rings. The number of carbonyl (C=O) groups excluding carboxylic acids is 2. The molecule has 0 unspecified atom stereocenters. The molecule has 0 amide bonds. The molecule has 0 aliphatic heterocycles. The highest BCUT2D eigenvalue weighted by molar-refractivity contribution is 5.93. The van der Waals surface area contributed by atoms with Crippen LogP contribution in [0.3, 0.4) is 0 Å². The highest BCUT2D eigenvalue weighted by atomic mass is 16.5. The summed E-state index contributed by atoms with van der Waals surface area (Å²) in [5.41, 5.74) is 0.362. The molecule has 0 radical (unpaired) electrons. The van der Waals surface area contributed by atoms with Gasteiger partial charge in [-0.3, -0.25) is 0 Å². The Bertz CT molecular complexity index is 891. The van der Waals surface area contributed by atoms with E-state index in [0.29, 0.717) is 17.9 Å². The first kappa shape index (κ1) is 28.2. The molecule has 0 saturated carbocycles. The van der Waals surface area contributed by atoms with Gasteiger partial charge in [0.15, 0.2) is 0 Å². The van der Waals surface area contributed by atoms with Gasteiger partial charge in [-0.25, -0.2) is 9.59 Å². The second-order valence-corrected chi connectivity index (χ2v) is 8.82. The molecule has 192 valence electrons. The number of ether oxygens (including phenoxy) is 3. The Hall–Kier alpha value is -3.02. The molecule has 6 heteroatoms. The number of rotatable bonds is 17. The predicted octanol–water partition coefficient (Wildman–Crippen LogP) is 7.48. The van der Waals surface area contributed by atoms with Crippen LogP contribution in [0.25, 0.3) is 0 Å². The van der Waals surface area contributed by atoms with Crippen molar-refractivity contribution in [1.82, 2.24) is 0 Å². The molecule has 2 aromatic carbocycles. The summed E-state index contributed by atoms with van der Waals surface area (Å²) in [6, 6.07) is 10.7. The molecule has 0 fully saturated rings. The lowest BCUT2D eigenvalue weighted by Gasteiger charge is -2.09. The van der Waals surface area contributed by atoms with Gasteiger partial charge in [0.25, 0.3) is 0 Å². The summed E-state index contributed by atoms with van der Waals surface area (Å²) in [5, 5.41) is 9.92. The van der Waals surface area contributed by atoms with E-state index < -0.39 is 11.9 Å². The van der Waals surface area contributed by atoms with E-state index in [9.17, 15) is 14.7 Å². The Balaban J connectivity index is 1.60. The molecular weight excluding hydrogens is 444 g/mol. The van der Waals surface area contributed by atoms with Crippen LogP contribution in [0.2, 0.25) is 0 Å². The molecule has 1 N–H and O–H groups in total. The first-order valence-electron chi connectivity index (χ1n) is 12.9. The number of carbonyl (C=O) groups is 2. The molecule has 2 rings (SSSR count). The van der Waals surface area contributed by atoms with Crippen LogP contribution in [0.1, 0.15) is 105 Å². The largest absolute Gasteiger partial charge is 0.507 e. The summed E-state index contributed by atoms with van der Waals surface area (Å²) in [7, 11) is 1.22. The highest BCUT2D eigenvalue weighted by Crippen LogP contribution is 2.25. The normalized spacial score (nSPS) is 10.7. The average Bonchev–Trinajstić information content (AvgIpc) is 2.86. The number of hydrogen-bond acceptors (Lipinski definition) is 6. The highest BCUT2D eigenvalue weighted by Gasteiger charge is 2.14. The third-order valence-corrected chi connectivity index (χ3v) is 5.94. The zero-order valence-electron chi connectivity index (χ0n) is 21.2. The first-order valence-corrected chi connectivity index (χ1v) is 12.9. The van der Waals surface area contributed by atoms with E-state index in [4.69, 9.17) is 9.47 Å². The van der Waals surface area contributed by atoms with Gasteiger partial charge in [-0.15, -0.1) is 0 Å². The lowest BCUT2D eigenvalue weighted by molar-refractivity contribution is 0.0597. The first-order chi connectivity index (χ1) is 17.0. The van der Waals surface area contributed by atoms with Gasteiger partial charge in [0.2, 0.25) is 0 Å². The SMILES string of the molecule is CCCCCCCCCCCCCCOc1ccc(C(=O)Oc2ccc(C(=O)OC)c(O)c2)cc1. The van der Waals surface area contributed by atoms with Crippen molar-refractivity contribution >= 4 is 11.9 Å². The van der Waals surface area contributed by atoms with Crippen LogP contribution in [0.4, 0.5) is 0 Å². The van der Waals surface area contributed by atoms with Crippen LogP contribution in [-0.4, -0.2) is 30.8 Å². The third kappa shape index (κ3) is 10.8. The number of benzene rings is 2. The Labute approximate surface area is 209 Å².